The van der Waals surface area contributed by atoms with E-state index < -0.39 is 0 Å². The summed E-state index contributed by atoms with van der Waals surface area (Å²) in [5.74, 6) is 0.395. The fourth-order valence-corrected chi connectivity index (χ4v) is 3.44. The molecule has 0 bridgehead atoms. The fourth-order valence-electron chi connectivity index (χ4n) is 2.47. The van der Waals surface area contributed by atoms with Gasteiger partial charge in [0.05, 0.1) is 0 Å². The second kappa shape index (κ2) is 9.43. The highest BCUT2D eigenvalue weighted by Gasteiger charge is 2.13. The molecule has 140 valence electrons. The summed E-state index contributed by atoms with van der Waals surface area (Å²) in [6.07, 6.45) is 1.07. The van der Waals surface area contributed by atoms with Gasteiger partial charge in [-0.3, -0.25) is 9.59 Å². The molecule has 6 nitrogen and oxygen atoms in total. The van der Waals surface area contributed by atoms with Crippen LogP contribution in [0.5, 0.6) is 0 Å². The normalized spacial score (nSPS) is 11.0. The molecule has 7 heteroatoms. The molecule has 1 aromatic carbocycles. The van der Waals surface area contributed by atoms with Crippen molar-refractivity contribution in [1.82, 2.24) is 10.2 Å². The van der Waals surface area contributed by atoms with Gasteiger partial charge in [-0.05, 0) is 23.5 Å². The first-order chi connectivity index (χ1) is 12.3. The van der Waals surface area contributed by atoms with Crippen molar-refractivity contribution < 1.29 is 9.59 Å². The molecule has 0 spiro atoms. The molecule has 1 heterocycles. The number of nitrogens with zero attached hydrogens (tertiary/aromatic N) is 2. The van der Waals surface area contributed by atoms with Crippen LogP contribution in [0.3, 0.4) is 0 Å². The van der Waals surface area contributed by atoms with Crippen LogP contribution < -0.4 is 10.6 Å². The van der Waals surface area contributed by atoms with Gasteiger partial charge in [-0.2, -0.15) is 0 Å². The molecule has 0 aliphatic rings. The monoisotopic (exact) mass is 374 g/mol. The van der Waals surface area contributed by atoms with Crippen LogP contribution in [0.2, 0.25) is 0 Å². The number of para-hydroxylation sites is 1. The zero-order valence-corrected chi connectivity index (χ0v) is 16.5. The molecule has 2 aromatic rings. The number of aromatic nitrogens is 2. The molecule has 0 aliphatic heterocycles. The summed E-state index contributed by atoms with van der Waals surface area (Å²) in [5, 5.41) is 15.0. The van der Waals surface area contributed by atoms with E-state index in [9.17, 15) is 9.59 Å². The Morgan fingerprint density at radius 2 is 1.65 bits per heavy atom. The Morgan fingerprint density at radius 1 is 1.00 bits per heavy atom. The third kappa shape index (κ3) is 6.22. The highest BCUT2D eigenvalue weighted by molar-refractivity contribution is 7.15. The van der Waals surface area contributed by atoms with E-state index >= 15 is 0 Å². The molecule has 0 saturated heterocycles. The lowest BCUT2D eigenvalue weighted by Crippen LogP contribution is -2.18. The summed E-state index contributed by atoms with van der Waals surface area (Å²) in [5.41, 5.74) is 1.88. The van der Waals surface area contributed by atoms with Crippen LogP contribution in [0.25, 0.3) is 0 Å². The van der Waals surface area contributed by atoms with Gasteiger partial charge in [-0.1, -0.05) is 57.2 Å². The highest BCUT2D eigenvalue weighted by atomic mass is 32.1. The van der Waals surface area contributed by atoms with Crippen molar-refractivity contribution in [3.05, 3.63) is 34.8 Å². The number of anilines is 2. The lowest BCUT2D eigenvalue weighted by Gasteiger charge is -2.13. The predicted molar refractivity (Wildman–Crippen MR) is 105 cm³/mol. The van der Waals surface area contributed by atoms with Crippen molar-refractivity contribution in [2.75, 3.05) is 10.6 Å². The minimum atomic E-state index is -0.232. The van der Waals surface area contributed by atoms with Gasteiger partial charge in [0.1, 0.15) is 5.01 Å². The molecule has 2 N–H and O–H groups in total. The van der Waals surface area contributed by atoms with Gasteiger partial charge in [0.2, 0.25) is 16.9 Å². The van der Waals surface area contributed by atoms with Crippen molar-refractivity contribution in [3.63, 3.8) is 0 Å². The quantitative estimate of drug-likeness (QED) is 0.725. The Morgan fingerprint density at radius 3 is 2.31 bits per heavy atom. The average Bonchev–Trinajstić information content (AvgIpc) is 2.99. The Labute approximate surface area is 158 Å². The minimum Gasteiger partial charge on any atom is -0.326 e. The second-order valence-electron chi connectivity index (χ2n) is 6.94. The van der Waals surface area contributed by atoms with Crippen LogP contribution in [-0.2, 0) is 16.0 Å². The van der Waals surface area contributed by atoms with Crippen LogP contribution in [0.4, 0.5) is 10.8 Å². The standard InChI is InChI=1S/C19H26N4O2S/c1-12(2)11-18-22-23-19(26-18)21-17(25)10-9-16(24)20-15-8-6-5-7-14(15)13(3)4/h5-8,12-13H,9-11H2,1-4H3,(H,20,24)(H,21,23,25). The summed E-state index contributed by atoms with van der Waals surface area (Å²) in [4.78, 5) is 24.2. The van der Waals surface area contributed by atoms with Crippen molar-refractivity contribution in [3.8, 4) is 0 Å². The number of hydrogen-bond donors (Lipinski definition) is 2. The van der Waals surface area contributed by atoms with Gasteiger partial charge >= 0.3 is 0 Å². The van der Waals surface area contributed by atoms with E-state index in [-0.39, 0.29) is 24.7 Å². The minimum absolute atomic E-state index is 0.106. The number of nitrogens with one attached hydrogen (secondary N) is 2. The predicted octanol–water partition coefficient (Wildman–Crippen LogP) is 4.22. The molecule has 0 fully saturated rings. The van der Waals surface area contributed by atoms with Crippen LogP contribution in [0.1, 0.15) is 57.0 Å². The molecule has 0 radical (unpaired) electrons. The molecule has 2 amide bonds. The van der Waals surface area contributed by atoms with E-state index in [4.69, 9.17) is 0 Å². The summed E-state index contributed by atoms with van der Waals surface area (Å²) in [7, 11) is 0. The topological polar surface area (TPSA) is 84.0 Å². The summed E-state index contributed by atoms with van der Waals surface area (Å²) in [6, 6.07) is 7.72. The van der Waals surface area contributed by atoms with E-state index in [1.807, 2.05) is 24.3 Å². The Kier molecular flexibility index (Phi) is 7.26. The lowest BCUT2D eigenvalue weighted by atomic mass is 10.0. The van der Waals surface area contributed by atoms with Crippen molar-refractivity contribution in [2.45, 2.75) is 52.9 Å². The first-order valence-electron chi connectivity index (χ1n) is 8.86. The molecule has 1 aromatic heterocycles. The summed E-state index contributed by atoms with van der Waals surface area (Å²) in [6.45, 7) is 8.37. The van der Waals surface area contributed by atoms with Gasteiger partial charge in [0, 0.05) is 24.9 Å². The molecular formula is C19H26N4O2S. The molecular weight excluding hydrogens is 348 g/mol. The molecule has 0 saturated carbocycles. The van der Waals surface area contributed by atoms with Gasteiger partial charge in [-0.15, -0.1) is 10.2 Å². The summed E-state index contributed by atoms with van der Waals surface area (Å²) < 4.78 is 0. The van der Waals surface area contributed by atoms with E-state index in [1.165, 1.54) is 11.3 Å². The zero-order valence-electron chi connectivity index (χ0n) is 15.7. The van der Waals surface area contributed by atoms with Crippen molar-refractivity contribution in [2.24, 2.45) is 5.92 Å². The van der Waals surface area contributed by atoms with E-state index in [2.05, 4.69) is 48.5 Å². The van der Waals surface area contributed by atoms with Crippen LogP contribution in [0, 0.1) is 5.92 Å². The van der Waals surface area contributed by atoms with Gasteiger partial charge in [-0.25, -0.2) is 0 Å². The van der Waals surface area contributed by atoms with Crippen LogP contribution in [0.15, 0.2) is 24.3 Å². The Balaban J connectivity index is 1.82. The SMILES string of the molecule is CC(C)Cc1nnc(NC(=O)CCC(=O)Nc2ccccc2C(C)C)s1. The first-order valence-corrected chi connectivity index (χ1v) is 9.67. The maximum atomic E-state index is 12.2. The summed E-state index contributed by atoms with van der Waals surface area (Å²) >= 11 is 1.38. The number of carbonyl (C=O) groups excluding carboxylic acids is 2. The third-order valence-electron chi connectivity index (χ3n) is 3.73. The number of hydrogen-bond acceptors (Lipinski definition) is 5. The van der Waals surface area contributed by atoms with Gasteiger partial charge in [0.25, 0.3) is 0 Å². The number of rotatable bonds is 8. The molecule has 26 heavy (non-hydrogen) atoms. The number of amides is 2. The molecule has 0 aliphatic carbocycles. The number of benzene rings is 1. The van der Waals surface area contributed by atoms with Gasteiger partial charge in [0.15, 0.2) is 0 Å². The zero-order chi connectivity index (χ0) is 19.1. The van der Waals surface area contributed by atoms with E-state index in [1.54, 1.807) is 0 Å². The first kappa shape index (κ1) is 20.0. The largest absolute Gasteiger partial charge is 0.326 e. The highest BCUT2D eigenvalue weighted by Crippen LogP contribution is 2.24. The average molecular weight is 375 g/mol. The Hall–Kier alpha value is -2.28. The molecule has 2 rings (SSSR count). The molecule has 0 atom stereocenters. The van der Waals surface area contributed by atoms with Crippen molar-refractivity contribution >= 4 is 34.0 Å². The van der Waals surface area contributed by atoms with E-state index in [0.29, 0.717) is 17.0 Å². The second-order valence-corrected chi connectivity index (χ2v) is 8.00. The third-order valence-corrected chi connectivity index (χ3v) is 4.59. The maximum absolute atomic E-state index is 12.2. The van der Waals surface area contributed by atoms with Crippen molar-refractivity contribution in [1.29, 1.82) is 0 Å². The smallest absolute Gasteiger partial charge is 0.226 e. The van der Waals surface area contributed by atoms with Gasteiger partial charge < -0.3 is 10.6 Å². The molecule has 0 unspecified atom stereocenters. The van der Waals surface area contributed by atoms with Crippen LogP contribution >= 0.6 is 11.3 Å². The Bertz CT molecular complexity index is 756. The van der Waals surface area contributed by atoms with E-state index in [0.717, 1.165) is 22.7 Å². The fraction of sp³-hybridized carbons (Fsp3) is 0.474. The maximum Gasteiger partial charge on any atom is 0.226 e. The number of carbonyl (C=O) groups is 2. The lowest BCUT2D eigenvalue weighted by molar-refractivity contribution is -0.121. The van der Waals surface area contributed by atoms with Crippen LogP contribution in [-0.4, -0.2) is 22.0 Å².